The Morgan fingerprint density at radius 1 is 1.32 bits per heavy atom. The van der Waals surface area contributed by atoms with Crippen molar-refractivity contribution < 1.29 is 19.7 Å². The number of rotatable bonds is 7. The first-order valence-electron chi connectivity index (χ1n) is 6.31. The largest absolute Gasteiger partial charge is 0.459 e. The summed E-state index contributed by atoms with van der Waals surface area (Å²) in [6.45, 7) is 4.23. The highest BCUT2D eigenvalue weighted by molar-refractivity contribution is 5.89. The Labute approximate surface area is 113 Å². The molecule has 106 valence electrons. The van der Waals surface area contributed by atoms with Crippen LogP contribution in [0, 0.1) is 0 Å². The van der Waals surface area contributed by atoms with Crippen molar-refractivity contribution in [1.82, 2.24) is 5.32 Å². The first kappa shape index (κ1) is 15.6. The number of aliphatic hydroxyl groups is 2. The van der Waals surface area contributed by atoms with Crippen LogP contribution in [0.15, 0.2) is 24.3 Å². The second-order valence-corrected chi connectivity index (χ2v) is 4.67. The van der Waals surface area contributed by atoms with E-state index in [1.54, 1.807) is 24.3 Å². The molecule has 0 saturated carbocycles. The Morgan fingerprint density at radius 3 is 2.47 bits per heavy atom. The third-order valence-corrected chi connectivity index (χ3v) is 2.54. The Bertz CT molecular complexity index is 389. The van der Waals surface area contributed by atoms with Crippen molar-refractivity contribution in [2.24, 2.45) is 0 Å². The molecule has 0 bridgehead atoms. The lowest BCUT2D eigenvalue weighted by Gasteiger charge is -2.14. The van der Waals surface area contributed by atoms with Crippen molar-refractivity contribution in [3.8, 4) is 0 Å². The molecule has 0 aliphatic rings. The van der Waals surface area contributed by atoms with Gasteiger partial charge in [0.2, 0.25) is 0 Å². The molecule has 3 N–H and O–H groups in total. The van der Waals surface area contributed by atoms with E-state index in [0.29, 0.717) is 12.1 Å². The predicted octanol–water partition coefficient (Wildman–Crippen LogP) is 0.695. The lowest BCUT2D eigenvalue weighted by Crippen LogP contribution is -2.35. The molecular formula is C14H21NO4. The maximum Gasteiger partial charge on any atom is 0.338 e. The number of hydrogen-bond acceptors (Lipinski definition) is 5. The molecule has 0 aromatic heterocycles. The summed E-state index contributed by atoms with van der Waals surface area (Å²) >= 11 is 0. The molecule has 0 unspecified atom stereocenters. The van der Waals surface area contributed by atoms with Gasteiger partial charge in [-0.3, -0.25) is 0 Å². The van der Waals surface area contributed by atoms with E-state index < -0.39 is 12.1 Å². The summed E-state index contributed by atoms with van der Waals surface area (Å²) in [6.07, 6.45) is -0.719. The molecule has 5 heteroatoms. The van der Waals surface area contributed by atoms with E-state index in [4.69, 9.17) is 9.84 Å². The summed E-state index contributed by atoms with van der Waals surface area (Å²) in [5.41, 5.74) is 1.14. The fourth-order valence-electron chi connectivity index (χ4n) is 1.43. The molecule has 0 saturated heterocycles. The molecule has 1 rings (SSSR count). The summed E-state index contributed by atoms with van der Waals surface area (Å²) in [4.78, 5) is 11.7. The Hall–Kier alpha value is -1.43. The van der Waals surface area contributed by atoms with E-state index in [0.717, 1.165) is 5.56 Å². The van der Waals surface area contributed by atoms with Gasteiger partial charge < -0.3 is 20.3 Å². The lowest BCUT2D eigenvalue weighted by molar-refractivity contribution is 0.0256. The van der Waals surface area contributed by atoms with Gasteiger partial charge in [-0.15, -0.1) is 0 Å². The van der Waals surface area contributed by atoms with Crippen LogP contribution >= 0.6 is 0 Å². The zero-order valence-electron chi connectivity index (χ0n) is 11.3. The molecule has 0 spiro atoms. The van der Waals surface area contributed by atoms with Gasteiger partial charge in [0.05, 0.1) is 12.2 Å². The van der Waals surface area contributed by atoms with Gasteiger partial charge in [-0.1, -0.05) is 26.0 Å². The highest BCUT2D eigenvalue weighted by atomic mass is 16.5. The number of carbonyl (C=O) groups is 1. The van der Waals surface area contributed by atoms with Crippen LogP contribution in [0.25, 0.3) is 0 Å². The average molecular weight is 267 g/mol. The monoisotopic (exact) mass is 267 g/mol. The SMILES string of the molecule is CC(C)NC[C@@H](O)COC(=O)c1ccc(CO)cc1. The summed E-state index contributed by atoms with van der Waals surface area (Å²) in [5, 5.41) is 21.5. The van der Waals surface area contributed by atoms with Crippen LogP contribution < -0.4 is 5.32 Å². The number of nitrogens with one attached hydrogen (secondary N) is 1. The molecular weight excluding hydrogens is 246 g/mol. The van der Waals surface area contributed by atoms with Gasteiger partial charge in [0.15, 0.2) is 0 Å². The lowest BCUT2D eigenvalue weighted by atomic mass is 10.1. The second kappa shape index (κ2) is 7.89. The third-order valence-electron chi connectivity index (χ3n) is 2.54. The molecule has 0 aliphatic carbocycles. The average Bonchev–Trinajstić information content (AvgIpc) is 2.42. The molecule has 0 amide bonds. The summed E-state index contributed by atoms with van der Waals surface area (Å²) in [6, 6.07) is 6.77. The fourth-order valence-corrected chi connectivity index (χ4v) is 1.43. The quantitative estimate of drug-likeness (QED) is 0.634. The zero-order valence-corrected chi connectivity index (χ0v) is 11.3. The Balaban J connectivity index is 2.37. The normalized spacial score (nSPS) is 12.5. The van der Waals surface area contributed by atoms with E-state index in [1.165, 1.54) is 0 Å². The van der Waals surface area contributed by atoms with Gasteiger partial charge >= 0.3 is 5.97 Å². The van der Waals surface area contributed by atoms with Crippen LogP contribution in [0.1, 0.15) is 29.8 Å². The van der Waals surface area contributed by atoms with Crippen LogP contribution in [-0.2, 0) is 11.3 Å². The van der Waals surface area contributed by atoms with Crippen molar-refractivity contribution >= 4 is 5.97 Å². The molecule has 19 heavy (non-hydrogen) atoms. The van der Waals surface area contributed by atoms with E-state index in [-0.39, 0.29) is 19.3 Å². The maximum absolute atomic E-state index is 11.7. The van der Waals surface area contributed by atoms with Crippen molar-refractivity contribution in [2.75, 3.05) is 13.2 Å². The first-order valence-corrected chi connectivity index (χ1v) is 6.31. The molecule has 0 fully saturated rings. The van der Waals surface area contributed by atoms with Gasteiger partial charge in [0.1, 0.15) is 12.7 Å². The number of benzene rings is 1. The maximum atomic E-state index is 11.7. The topological polar surface area (TPSA) is 78.8 Å². The summed E-state index contributed by atoms with van der Waals surface area (Å²) < 4.78 is 5.00. The molecule has 0 aliphatic heterocycles. The predicted molar refractivity (Wildman–Crippen MR) is 71.8 cm³/mol. The van der Waals surface area contributed by atoms with Gasteiger partial charge in [-0.25, -0.2) is 4.79 Å². The van der Waals surface area contributed by atoms with Crippen molar-refractivity contribution in [1.29, 1.82) is 0 Å². The Morgan fingerprint density at radius 2 is 1.95 bits per heavy atom. The minimum absolute atomic E-state index is 0.0414. The molecule has 1 aromatic rings. The molecule has 0 radical (unpaired) electrons. The third kappa shape index (κ3) is 5.83. The molecule has 1 atom stereocenters. The van der Waals surface area contributed by atoms with Gasteiger partial charge in [0.25, 0.3) is 0 Å². The van der Waals surface area contributed by atoms with Crippen LogP contribution in [0.3, 0.4) is 0 Å². The van der Waals surface area contributed by atoms with Crippen LogP contribution in [0.5, 0.6) is 0 Å². The minimum Gasteiger partial charge on any atom is -0.459 e. The summed E-state index contributed by atoms with van der Waals surface area (Å²) in [5.74, 6) is -0.479. The standard InChI is InChI=1S/C14H21NO4/c1-10(2)15-7-13(17)9-19-14(18)12-5-3-11(8-16)4-6-12/h3-6,10,13,15-17H,7-9H2,1-2H3/t13-/m1/s1. The van der Waals surface area contributed by atoms with E-state index in [1.807, 2.05) is 13.8 Å². The van der Waals surface area contributed by atoms with Crippen LogP contribution in [-0.4, -0.2) is 41.5 Å². The van der Waals surface area contributed by atoms with Crippen molar-refractivity contribution in [3.05, 3.63) is 35.4 Å². The van der Waals surface area contributed by atoms with Gasteiger partial charge in [0, 0.05) is 12.6 Å². The van der Waals surface area contributed by atoms with Gasteiger partial charge in [-0.2, -0.15) is 0 Å². The van der Waals surface area contributed by atoms with Crippen molar-refractivity contribution in [2.45, 2.75) is 32.6 Å². The highest BCUT2D eigenvalue weighted by Crippen LogP contribution is 2.06. The number of esters is 1. The number of ether oxygens (including phenoxy) is 1. The van der Waals surface area contributed by atoms with Crippen LogP contribution in [0.4, 0.5) is 0 Å². The fraction of sp³-hybridized carbons (Fsp3) is 0.500. The first-order chi connectivity index (χ1) is 9.02. The van der Waals surface area contributed by atoms with Gasteiger partial charge in [-0.05, 0) is 17.7 Å². The summed E-state index contributed by atoms with van der Waals surface area (Å²) in [7, 11) is 0. The number of carbonyl (C=O) groups excluding carboxylic acids is 1. The molecule has 1 aromatic carbocycles. The minimum atomic E-state index is -0.719. The van der Waals surface area contributed by atoms with E-state index in [9.17, 15) is 9.90 Å². The van der Waals surface area contributed by atoms with E-state index in [2.05, 4.69) is 5.32 Å². The van der Waals surface area contributed by atoms with Crippen LogP contribution in [0.2, 0.25) is 0 Å². The van der Waals surface area contributed by atoms with E-state index >= 15 is 0 Å². The molecule has 5 nitrogen and oxygen atoms in total. The zero-order chi connectivity index (χ0) is 14.3. The van der Waals surface area contributed by atoms with Crippen molar-refractivity contribution in [3.63, 3.8) is 0 Å². The molecule has 0 heterocycles. The number of aliphatic hydroxyl groups excluding tert-OH is 2. The number of hydrogen-bond donors (Lipinski definition) is 3. The Kier molecular flexibility index (Phi) is 6.49. The second-order valence-electron chi connectivity index (χ2n) is 4.67. The smallest absolute Gasteiger partial charge is 0.338 e. The highest BCUT2D eigenvalue weighted by Gasteiger charge is 2.11.